The zero-order chi connectivity index (χ0) is 13.0. The van der Waals surface area contributed by atoms with E-state index in [1.54, 1.807) is 24.3 Å². The molecule has 0 amide bonds. The molecule has 4 heteroatoms. The first-order valence-electron chi connectivity index (χ1n) is 5.25. The Kier molecular flexibility index (Phi) is 4.40. The molecule has 18 heavy (non-hydrogen) atoms. The lowest BCUT2D eigenvalue weighted by Crippen LogP contribution is -1.86. The third kappa shape index (κ3) is 3.12. The molecule has 0 fully saturated rings. The van der Waals surface area contributed by atoms with Gasteiger partial charge < -0.3 is 4.74 Å². The Labute approximate surface area is 122 Å². The van der Waals surface area contributed by atoms with Crippen LogP contribution in [0.15, 0.2) is 46.9 Å². The summed E-state index contributed by atoms with van der Waals surface area (Å²) in [4.78, 5) is 0. The van der Waals surface area contributed by atoms with Crippen molar-refractivity contribution in [3.8, 4) is 17.6 Å². The second-order valence-electron chi connectivity index (χ2n) is 3.63. The maximum Gasteiger partial charge on any atom is 0.128 e. The van der Waals surface area contributed by atoms with Crippen LogP contribution in [-0.2, 0) is 5.33 Å². The molecule has 0 spiro atoms. The van der Waals surface area contributed by atoms with E-state index in [0.717, 1.165) is 15.6 Å². The van der Waals surface area contributed by atoms with Crippen LogP contribution in [0, 0.1) is 11.3 Å². The van der Waals surface area contributed by atoms with E-state index in [9.17, 15) is 0 Å². The number of halogens is 2. The molecule has 0 saturated heterocycles. The fraction of sp³-hybridized carbons (Fsp3) is 0.0714. The summed E-state index contributed by atoms with van der Waals surface area (Å²) in [7, 11) is 0. The molecule has 0 unspecified atom stereocenters. The Morgan fingerprint density at radius 3 is 2.28 bits per heavy atom. The molecular formula is C14H9Br2NO. The molecule has 0 aliphatic carbocycles. The van der Waals surface area contributed by atoms with Gasteiger partial charge in [0.25, 0.3) is 0 Å². The monoisotopic (exact) mass is 365 g/mol. The molecule has 0 radical (unpaired) electrons. The molecule has 0 heterocycles. The largest absolute Gasteiger partial charge is 0.457 e. The first-order valence-corrected chi connectivity index (χ1v) is 7.17. The molecular weight excluding hydrogens is 358 g/mol. The summed E-state index contributed by atoms with van der Waals surface area (Å²) >= 11 is 6.90. The average molecular weight is 367 g/mol. The van der Waals surface area contributed by atoms with E-state index >= 15 is 0 Å². The number of rotatable bonds is 3. The summed E-state index contributed by atoms with van der Waals surface area (Å²) in [5.74, 6) is 1.48. The van der Waals surface area contributed by atoms with Crippen LogP contribution < -0.4 is 4.74 Å². The number of nitriles is 1. The van der Waals surface area contributed by atoms with Crippen molar-refractivity contribution >= 4 is 31.9 Å². The van der Waals surface area contributed by atoms with Gasteiger partial charge in [0.1, 0.15) is 11.5 Å². The van der Waals surface area contributed by atoms with Gasteiger partial charge in [-0.25, -0.2) is 0 Å². The minimum absolute atomic E-state index is 0.623. The van der Waals surface area contributed by atoms with Crippen molar-refractivity contribution in [3.05, 3.63) is 58.1 Å². The first-order chi connectivity index (χ1) is 8.72. The lowest BCUT2D eigenvalue weighted by atomic mass is 10.2. The lowest BCUT2D eigenvalue weighted by molar-refractivity contribution is 0.482. The third-order valence-corrected chi connectivity index (χ3v) is 3.73. The van der Waals surface area contributed by atoms with Gasteiger partial charge in [-0.2, -0.15) is 5.26 Å². The topological polar surface area (TPSA) is 33.0 Å². The van der Waals surface area contributed by atoms with Crippen LogP contribution in [0.5, 0.6) is 11.5 Å². The Hall–Kier alpha value is -1.31. The quantitative estimate of drug-likeness (QED) is 0.715. The molecule has 0 saturated carbocycles. The van der Waals surface area contributed by atoms with Crippen LogP contribution in [0.25, 0.3) is 0 Å². The highest BCUT2D eigenvalue weighted by molar-refractivity contribution is 9.10. The molecule has 0 atom stereocenters. The molecule has 2 nitrogen and oxygen atoms in total. The van der Waals surface area contributed by atoms with E-state index in [2.05, 4.69) is 37.9 Å². The predicted molar refractivity (Wildman–Crippen MR) is 78.0 cm³/mol. The highest BCUT2D eigenvalue weighted by atomic mass is 79.9. The van der Waals surface area contributed by atoms with Gasteiger partial charge in [-0.1, -0.05) is 37.9 Å². The van der Waals surface area contributed by atoms with Gasteiger partial charge in [-0.15, -0.1) is 0 Å². The first kappa shape index (κ1) is 13.1. The molecule has 0 aliphatic heterocycles. The summed E-state index contributed by atoms with van der Waals surface area (Å²) in [6.45, 7) is 0. The Morgan fingerprint density at radius 2 is 1.72 bits per heavy atom. The smallest absolute Gasteiger partial charge is 0.128 e. The van der Waals surface area contributed by atoms with Gasteiger partial charge in [-0.3, -0.25) is 0 Å². The third-order valence-electron chi connectivity index (χ3n) is 2.39. The van der Waals surface area contributed by atoms with Crippen LogP contribution in [0.1, 0.15) is 11.1 Å². The minimum atomic E-state index is 0.623. The second kappa shape index (κ2) is 6.03. The molecule has 2 aromatic carbocycles. The van der Waals surface area contributed by atoms with Gasteiger partial charge in [0.05, 0.1) is 11.6 Å². The Bertz CT molecular complexity index is 588. The highest BCUT2D eigenvalue weighted by Gasteiger charge is 2.02. The zero-order valence-corrected chi connectivity index (χ0v) is 12.5. The van der Waals surface area contributed by atoms with Crippen molar-refractivity contribution in [2.75, 3.05) is 0 Å². The summed E-state index contributed by atoms with van der Waals surface area (Å²) in [5.41, 5.74) is 1.79. The maximum atomic E-state index is 8.71. The number of hydrogen-bond donors (Lipinski definition) is 0. The van der Waals surface area contributed by atoms with E-state index in [-0.39, 0.29) is 0 Å². The molecule has 90 valence electrons. The average Bonchev–Trinajstić information content (AvgIpc) is 2.40. The SMILES string of the molecule is N#Cc1ccc(Oc2ccc(CBr)c(Br)c2)cc1. The van der Waals surface area contributed by atoms with E-state index in [0.29, 0.717) is 11.3 Å². The normalized spacial score (nSPS) is 9.83. The number of ether oxygens (including phenoxy) is 1. The van der Waals surface area contributed by atoms with Gasteiger partial charge in [0.15, 0.2) is 0 Å². The zero-order valence-electron chi connectivity index (χ0n) is 9.36. The highest BCUT2D eigenvalue weighted by Crippen LogP contribution is 2.28. The minimum Gasteiger partial charge on any atom is -0.457 e. The molecule has 0 aromatic heterocycles. The van der Waals surface area contributed by atoms with E-state index in [4.69, 9.17) is 10.00 Å². The van der Waals surface area contributed by atoms with Crippen LogP contribution in [0.2, 0.25) is 0 Å². The van der Waals surface area contributed by atoms with Gasteiger partial charge in [0, 0.05) is 9.80 Å². The number of alkyl halides is 1. The van der Waals surface area contributed by atoms with Crippen molar-refractivity contribution in [1.29, 1.82) is 5.26 Å². The standard InChI is InChI=1S/C14H9Br2NO/c15-8-11-3-6-13(7-14(11)16)18-12-4-1-10(9-17)2-5-12/h1-7H,8H2. The molecule has 0 N–H and O–H groups in total. The molecule has 0 bridgehead atoms. The molecule has 2 aromatic rings. The Balaban J connectivity index is 2.18. The number of hydrogen-bond acceptors (Lipinski definition) is 2. The van der Waals surface area contributed by atoms with E-state index < -0.39 is 0 Å². The van der Waals surface area contributed by atoms with Crippen LogP contribution in [0.4, 0.5) is 0 Å². The number of benzene rings is 2. The van der Waals surface area contributed by atoms with Crippen LogP contribution in [0.3, 0.4) is 0 Å². The van der Waals surface area contributed by atoms with Crippen molar-refractivity contribution in [1.82, 2.24) is 0 Å². The Morgan fingerprint density at radius 1 is 1.06 bits per heavy atom. The lowest BCUT2D eigenvalue weighted by Gasteiger charge is -2.07. The molecule has 2 rings (SSSR count). The predicted octanol–water partition coefficient (Wildman–Crippen LogP) is 5.01. The molecule has 0 aliphatic rings. The van der Waals surface area contributed by atoms with Crippen LogP contribution in [-0.4, -0.2) is 0 Å². The number of nitrogens with zero attached hydrogens (tertiary/aromatic N) is 1. The fourth-order valence-electron chi connectivity index (χ4n) is 1.43. The van der Waals surface area contributed by atoms with Gasteiger partial charge >= 0.3 is 0 Å². The van der Waals surface area contributed by atoms with Gasteiger partial charge in [-0.05, 0) is 42.0 Å². The van der Waals surface area contributed by atoms with E-state index in [1.807, 2.05) is 18.2 Å². The summed E-state index contributed by atoms with van der Waals surface area (Å²) < 4.78 is 6.71. The summed E-state index contributed by atoms with van der Waals surface area (Å²) in [6.07, 6.45) is 0. The van der Waals surface area contributed by atoms with Crippen molar-refractivity contribution < 1.29 is 4.74 Å². The second-order valence-corrected chi connectivity index (χ2v) is 5.04. The van der Waals surface area contributed by atoms with Crippen molar-refractivity contribution in [2.24, 2.45) is 0 Å². The summed E-state index contributed by atoms with van der Waals surface area (Å²) in [5, 5.41) is 9.51. The van der Waals surface area contributed by atoms with E-state index in [1.165, 1.54) is 5.56 Å². The van der Waals surface area contributed by atoms with Crippen molar-refractivity contribution in [2.45, 2.75) is 5.33 Å². The maximum absolute atomic E-state index is 8.71. The van der Waals surface area contributed by atoms with Crippen LogP contribution >= 0.6 is 31.9 Å². The fourth-order valence-corrected chi connectivity index (χ4v) is 2.80. The van der Waals surface area contributed by atoms with Crippen molar-refractivity contribution in [3.63, 3.8) is 0 Å². The summed E-state index contributed by atoms with van der Waals surface area (Å²) in [6, 6.07) is 14.9. The van der Waals surface area contributed by atoms with Gasteiger partial charge in [0.2, 0.25) is 0 Å².